The fourth-order valence-corrected chi connectivity index (χ4v) is 4.84. The number of aromatic nitrogens is 2. The van der Waals surface area contributed by atoms with E-state index in [1.54, 1.807) is 0 Å². The fourth-order valence-electron chi connectivity index (χ4n) is 4.84. The van der Waals surface area contributed by atoms with Crippen molar-refractivity contribution in [2.75, 3.05) is 13.1 Å². The number of hydrogen-bond donors (Lipinski definition) is 2. The topological polar surface area (TPSA) is 144 Å². The molecule has 2 aliphatic heterocycles. The summed E-state index contributed by atoms with van der Waals surface area (Å²) < 4.78 is 20.9. The third-order valence-corrected chi connectivity index (χ3v) is 6.80. The molecule has 3 aromatic rings. The number of nitrogens with zero attached hydrogens (tertiary/aromatic N) is 3. The fraction of sp³-hybridized carbons (Fsp3) is 0.385. The van der Waals surface area contributed by atoms with E-state index < -0.39 is 18.1 Å². The second-order valence-corrected chi connectivity index (χ2v) is 9.71. The van der Waals surface area contributed by atoms with Crippen molar-refractivity contribution in [3.63, 3.8) is 0 Å². The molecule has 0 bridgehead atoms. The van der Waals surface area contributed by atoms with Crippen molar-refractivity contribution >= 4 is 12.3 Å². The number of ether oxygens (including phenoxy) is 3. The molecule has 1 fully saturated rings. The third-order valence-electron chi connectivity index (χ3n) is 6.80. The molecule has 0 aliphatic carbocycles. The van der Waals surface area contributed by atoms with Crippen molar-refractivity contribution in [2.45, 2.75) is 51.2 Å². The van der Waals surface area contributed by atoms with Crippen LogP contribution < -0.4 is 0 Å². The van der Waals surface area contributed by atoms with Gasteiger partial charge in [0.2, 0.25) is 5.82 Å². The molecule has 2 aromatic carbocycles. The highest BCUT2D eigenvalue weighted by atomic mass is 16.8. The van der Waals surface area contributed by atoms with Crippen molar-refractivity contribution in [2.24, 2.45) is 0 Å². The molecule has 2 N–H and O–H groups in total. The van der Waals surface area contributed by atoms with Crippen molar-refractivity contribution in [1.29, 1.82) is 0 Å². The first kappa shape index (κ1) is 24.7. The lowest BCUT2D eigenvalue weighted by Crippen LogP contribution is -2.49. The van der Waals surface area contributed by atoms with E-state index in [0.717, 1.165) is 27.8 Å². The Morgan fingerprint density at radius 1 is 1.00 bits per heavy atom. The number of rotatable bonds is 6. The third kappa shape index (κ3) is 5.27. The van der Waals surface area contributed by atoms with Gasteiger partial charge in [0, 0.05) is 43.6 Å². The van der Waals surface area contributed by atoms with Crippen LogP contribution in [-0.4, -0.2) is 56.4 Å². The summed E-state index contributed by atoms with van der Waals surface area (Å²) in [6.45, 7) is 6.08. The van der Waals surface area contributed by atoms with Gasteiger partial charge in [0.1, 0.15) is 0 Å². The molecule has 194 valence electrons. The Labute approximate surface area is 212 Å². The Kier molecular flexibility index (Phi) is 6.34. The normalized spacial score (nSPS) is 18.2. The molecule has 0 radical (unpaired) electrons. The van der Waals surface area contributed by atoms with E-state index in [1.807, 2.05) is 56.3 Å². The van der Waals surface area contributed by atoms with Gasteiger partial charge in [-0.1, -0.05) is 35.5 Å². The summed E-state index contributed by atoms with van der Waals surface area (Å²) in [5, 5.41) is 22.1. The van der Waals surface area contributed by atoms with Gasteiger partial charge in [-0.25, -0.2) is 9.59 Å². The number of carbonyl (C=O) groups is 2. The molecule has 0 spiro atoms. The number of carboxylic acid groups (broad SMARTS) is 2. The Balaban J connectivity index is 1.22. The minimum Gasteiger partial charge on any atom is -0.450 e. The molecule has 2 aliphatic rings. The zero-order valence-electron chi connectivity index (χ0n) is 20.5. The molecule has 5 rings (SSSR count). The van der Waals surface area contributed by atoms with E-state index in [0.29, 0.717) is 38.0 Å². The summed E-state index contributed by atoms with van der Waals surface area (Å²) in [7, 11) is 0. The van der Waals surface area contributed by atoms with E-state index in [1.165, 1.54) is 0 Å². The van der Waals surface area contributed by atoms with Crippen molar-refractivity contribution in [3.05, 3.63) is 59.2 Å². The van der Waals surface area contributed by atoms with Gasteiger partial charge in [-0.15, -0.1) is 0 Å². The summed E-state index contributed by atoms with van der Waals surface area (Å²) >= 11 is 0. The van der Waals surface area contributed by atoms with Crippen molar-refractivity contribution in [3.8, 4) is 22.8 Å². The lowest BCUT2D eigenvalue weighted by molar-refractivity contribution is -0.205. The number of piperidine rings is 1. The van der Waals surface area contributed by atoms with Crippen LogP contribution in [0.4, 0.5) is 9.59 Å². The summed E-state index contributed by atoms with van der Waals surface area (Å²) in [5.74, 6) is -0.746. The maximum atomic E-state index is 11.0. The smallest absolute Gasteiger partial charge is 0.450 e. The monoisotopic (exact) mass is 509 g/mol. The molecule has 11 heteroatoms. The van der Waals surface area contributed by atoms with Crippen molar-refractivity contribution < 1.29 is 38.5 Å². The van der Waals surface area contributed by atoms with E-state index in [4.69, 9.17) is 28.9 Å². The molecule has 1 aromatic heterocycles. The lowest BCUT2D eigenvalue weighted by Gasteiger charge is -2.38. The molecule has 11 nitrogen and oxygen atoms in total. The van der Waals surface area contributed by atoms with Gasteiger partial charge in [-0.3, -0.25) is 4.90 Å². The molecule has 0 unspecified atom stereocenters. The summed E-state index contributed by atoms with van der Waals surface area (Å²) in [5.41, 5.74) is 4.66. The van der Waals surface area contributed by atoms with Gasteiger partial charge in [-0.05, 0) is 42.7 Å². The highest BCUT2D eigenvalue weighted by molar-refractivity contribution is 5.62. The van der Waals surface area contributed by atoms with Crippen LogP contribution in [0.15, 0.2) is 47.0 Å². The molecule has 0 amide bonds. The molecule has 37 heavy (non-hydrogen) atoms. The van der Waals surface area contributed by atoms with Gasteiger partial charge in [0.05, 0.1) is 12.2 Å². The number of likely N-dealkylation sites (tertiary alicyclic amines) is 1. The minimum absolute atomic E-state index is 0.113. The van der Waals surface area contributed by atoms with Crippen LogP contribution >= 0.6 is 0 Å². The number of benzene rings is 2. The quantitative estimate of drug-likeness (QED) is 0.347. The Bertz CT molecular complexity index is 1290. The first-order chi connectivity index (χ1) is 17.6. The van der Waals surface area contributed by atoms with E-state index in [-0.39, 0.29) is 18.4 Å². The van der Waals surface area contributed by atoms with Gasteiger partial charge >= 0.3 is 12.3 Å². The predicted molar refractivity (Wildman–Crippen MR) is 128 cm³/mol. The second-order valence-electron chi connectivity index (χ2n) is 9.71. The van der Waals surface area contributed by atoms with E-state index in [9.17, 15) is 9.59 Å². The molecule has 0 saturated carbocycles. The van der Waals surface area contributed by atoms with E-state index in [2.05, 4.69) is 15.0 Å². The molecular weight excluding hydrogens is 482 g/mol. The van der Waals surface area contributed by atoms with Crippen LogP contribution in [0.3, 0.4) is 0 Å². The number of fused-ring (bicyclic) bond motifs is 1. The van der Waals surface area contributed by atoms with Gasteiger partial charge in [0.25, 0.3) is 11.7 Å². The SMILES string of the molecule is CC1(C)OCc2cc(-c3nc(-c4ccc(CN5CCC(OC(=O)O)(OC(=O)O)CC5)cc4)no3)ccc21. The van der Waals surface area contributed by atoms with Crippen LogP contribution in [0.1, 0.15) is 43.4 Å². The minimum atomic E-state index is -1.67. The first-order valence-electron chi connectivity index (χ1n) is 11.9. The van der Waals surface area contributed by atoms with Gasteiger partial charge < -0.3 is 28.9 Å². The molecule has 0 atom stereocenters. The highest BCUT2D eigenvalue weighted by Gasteiger charge is 2.42. The molecular formula is C26H27N3O8. The second kappa shape index (κ2) is 9.49. The lowest BCUT2D eigenvalue weighted by atomic mass is 9.95. The average Bonchev–Trinajstić information content (AvgIpc) is 3.45. The largest absolute Gasteiger partial charge is 0.509 e. The van der Waals surface area contributed by atoms with Crippen molar-refractivity contribution in [1.82, 2.24) is 15.0 Å². The van der Waals surface area contributed by atoms with Crippen LogP contribution in [0.5, 0.6) is 0 Å². The van der Waals surface area contributed by atoms with Crippen LogP contribution in [-0.2, 0) is 33.0 Å². The summed E-state index contributed by atoms with van der Waals surface area (Å²) in [4.78, 5) is 28.6. The summed E-state index contributed by atoms with van der Waals surface area (Å²) in [6, 6.07) is 13.8. The Hall–Kier alpha value is -3.96. The zero-order valence-corrected chi connectivity index (χ0v) is 20.5. The van der Waals surface area contributed by atoms with E-state index >= 15 is 0 Å². The highest BCUT2D eigenvalue weighted by Crippen LogP contribution is 2.38. The van der Waals surface area contributed by atoms with Gasteiger partial charge in [0.15, 0.2) is 0 Å². The maximum Gasteiger partial charge on any atom is 0.509 e. The van der Waals surface area contributed by atoms with Gasteiger partial charge in [-0.2, -0.15) is 4.98 Å². The number of hydrogen-bond acceptors (Lipinski definition) is 9. The first-order valence-corrected chi connectivity index (χ1v) is 11.9. The van der Waals surface area contributed by atoms with Crippen LogP contribution in [0.2, 0.25) is 0 Å². The van der Waals surface area contributed by atoms with Crippen LogP contribution in [0.25, 0.3) is 22.8 Å². The molecule has 3 heterocycles. The Morgan fingerprint density at radius 3 is 2.30 bits per heavy atom. The zero-order chi connectivity index (χ0) is 26.2. The van der Waals surface area contributed by atoms with Crippen LogP contribution in [0, 0.1) is 0 Å². The summed E-state index contributed by atoms with van der Waals surface area (Å²) in [6.07, 6.45) is -2.91. The predicted octanol–water partition coefficient (Wildman–Crippen LogP) is 4.85. The maximum absolute atomic E-state index is 11.0. The molecule has 1 saturated heterocycles. The average molecular weight is 510 g/mol. The Morgan fingerprint density at radius 2 is 1.65 bits per heavy atom. The standard InChI is InChI=1S/C26H27N3O8/c1-25(2)20-8-7-18(13-19(20)15-34-25)22-27-21(28-37-22)17-5-3-16(4-6-17)14-29-11-9-26(10-12-29,35-23(30)31)36-24(32)33/h3-8,13H,9-12,14-15H2,1-2H3,(H,30,31)(H,32,33).